The molecule has 1 aromatic heterocycles. The maximum atomic E-state index is 13.7. The van der Waals surface area contributed by atoms with Crippen LogP contribution in [0.3, 0.4) is 0 Å². The van der Waals surface area contributed by atoms with Gasteiger partial charge in [-0.1, -0.05) is 24.6 Å². The summed E-state index contributed by atoms with van der Waals surface area (Å²) in [5.74, 6) is -1.05. The normalized spacial score (nSPS) is 16.0. The Kier molecular flexibility index (Phi) is 7.63. The summed E-state index contributed by atoms with van der Waals surface area (Å²) in [6, 6.07) is 8.61. The standard InChI is InChI=1S/C25H27ClN6O5/c1-3-20(14-4-6-18(24(34)35)19(27)10-14)29-25(36)32-12-22-30-28-13-31(22)11-16(23(32)33)8-15-9-17(26)5-7-21(15)37-2/h4-7,9-10,13,16,20H,3,8,11-12,27H2,1-2H3,(H,29,36)(H,34,35). The summed E-state index contributed by atoms with van der Waals surface area (Å²) in [7, 11) is 1.54. The van der Waals surface area contributed by atoms with E-state index >= 15 is 0 Å². The maximum absolute atomic E-state index is 13.7. The highest BCUT2D eigenvalue weighted by atomic mass is 35.5. The number of nitrogen functional groups attached to an aromatic ring is 1. The number of nitrogens with two attached hydrogens (primary N) is 1. The van der Waals surface area contributed by atoms with Crippen LogP contribution in [0.5, 0.6) is 5.75 Å². The number of carbonyl (C=O) groups is 3. The van der Waals surface area contributed by atoms with E-state index in [1.165, 1.54) is 18.5 Å². The van der Waals surface area contributed by atoms with E-state index < -0.39 is 24.0 Å². The fourth-order valence-corrected chi connectivity index (χ4v) is 4.64. The molecule has 3 amide bonds. The summed E-state index contributed by atoms with van der Waals surface area (Å²) in [6.45, 7) is 2.09. The minimum absolute atomic E-state index is 0.0220. The molecule has 0 radical (unpaired) electrons. The molecule has 2 unspecified atom stereocenters. The van der Waals surface area contributed by atoms with E-state index in [0.29, 0.717) is 28.6 Å². The van der Waals surface area contributed by atoms with E-state index in [9.17, 15) is 19.5 Å². The lowest BCUT2D eigenvalue weighted by Gasteiger charge is -2.26. The van der Waals surface area contributed by atoms with Crippen LogP contribution in [-0.2, 0) is 24.3 Å². The van der Waals surface area contributed by atoms with Crippen LogP contribution in [0, 0.1) is 5.92 Å². The summed E-state index contributed by atoms with van der Waals surface area (Å²) in [6.07, 6.45) is 2.31. The van der Waals surface area contributed by atoms with Gasteiger partial charge in [-0.2, -0.15) is 0 Å². The van der Waals surface area contributed by atoms with Gasteiger partial charge in [0.25, 0.3) is 0 Å². The van der Waals surface area contributed by atoms with Gasteiger partial charge in [0.05, 0.1) is 31.2 Å². The Morgan fingerprint density at radius 1 is 1.30 bits per heavy atom. The molecule has 3 aromatic rings. The number of nitrogens with one attached hydrogen (secondary N) is 1. The quantitative estimate of drug-likeness (QED) is 0.396. The average Bonchev–Trinajstić information content (AvgIpc) is 3.26. The number of anilines is 1. The highest BCUT2D eigenvalue weighted by Crippen LogP contribution is 2.29. The zero-order chi connectivity index (χ0) is 26.7. The molecular formula is C25H27ClN6O5. The van der Waals surface area contributed by atoms with Crippen LogP contribution in [0.4, 0.5) is 10.5 Å². The van der Waals surface area contributed by atoms with Crippen molar-refractivity contribution in [3.8, 4) is 5.75 Å². The maximum Gasteiger partial charge on any atom is 0.337 e. The first-order valence-electron chi connectivity index (χ1n) is 11.7. The van der Waals surface area contributed by atoms with E-state index in [1.807, 2.05) is 6.92 Å². The number of hydrogen-bond acceptors (Lipinski definition) is 7. The first-order valence-corrected chi connectivity index (χ1v) is 12.0. The van der Waals surface area contributed by atoms with E-state index in [0.717, 1.165) is 10.5 Å². The smallest absolute Gasteiger partial charge is 0.337 e. The van der Waals surface area contributed by atoms with Gasteiger partial charge in [0, 0.05) is 17.3 Å². The van der Waals surface area contributed by atoms with Crippen molar-refractivity contribution in [2.24, 2.45) is 5.92 Å². The lowest BCUT2D eigenvalue weighted by Crippen LogP contribution is -2.46. The number of hydrogen-bond donors (Lipinski definition) is 3. The minimum atomic E-state index is -1.14. The van der Waals surface area contributed by atoms with E-state index in [1.54, 1.807) is 35.9 Å². The van der Waals surface area contributed by atoms with Crippen LogP contribution >= 0.6 is 11.6 Å². The highest BCUT2D eigenvalue weighted by Gasteiger charge is 2.35. The Morgan fingerprint density at radius 3 is 2.76 bits per heavy atom. The topological polar surface area (TPSA) is 153 Å². The number of carboxylic acids is 1. The fraction of sp³-hybridized carbons (Fsp3) is 0.320. The Hall–Kier alpha value is -4.12. The molecule has 2 heterocycles. The van der Waals surface area contributed by atoms with Gasteiger partial charge < -0.3 is 25.5 Å². The highest BCUT2D eigenvalue weighted by molar-refractivity contribution is 6.30. The molecule has 4 rings (SSSR count). The first-order chi connectivity index (χ1) is 17.7. The molecule has 0 saturated heterocycles. The van der Waals surface area contributed by atoms with Gasteiger partial charge in [-0.25, -0.2) is 9.59 Å². The molecule has 37 heavy (non-hydrogen) atoms. The molecule has 0 saturated carbocycles. The molecule has 2 aromatic carbocycles. The second kappa shape index (κ2) is 10.9. The van der Waals surface area contributed by atoms with Crippen LogP contribution in [0.1, 0.15) is 46.7 Å². The molecule has 4 N–H and O–H groups in total. The third-order valence-electron chi connectivity index (χ3n) is 6.40. The van der Waals surface area contributed by atoms with Gasteiger partial charge in [0.1, 0.15) is 12.1 Å². The third kappa shape index (κ3) is 5.51. The third-order valence-corrected chi connectivity index (χ3v) is 6.63. The molecule has 1 aliphatic rings. The monoisotopic (exact) mass is 526 g/mol. The summed E-state index contributed by atoms with van der Waals surface area (Å²) >= 11 is 6.19. The minimum Gasteiger partial charge on any atom is -0.496 e. The van der Waals surface area contributed by atoms with Crippen molar-refractivity contribution in [1.29, 1.82) is 0 Å². The first kappa shape index (κ1) is 26.0. The van der Waals surface area contributed by atoms with Crippen molar-refractivity contribution < 1.29 is 24.2 Å². The lowest BCUT2D eigenvalue weighted by atomic mass is 9.97. The molecule has 194 valence electrons. The summed E-state index contributed by atoms with van der Waals surface area (Å²) in [5, 5.41) is 20.7. The van der Waals surface area contributed by atoms with Crippen molar-refractivity contribution in [3.05, 3.63) is 70.3 Å². The number of methoxy groups -OCH3 is 1. The number of urea groups is 1. The Balaban J connectivity index is 1.60. The number of aromatic nitrogens is 3. The van der Waals surface area contributed by atoms with Gasteiger partial charge in [-0.05, 0) is 54.3 Å². The molecule has 1 aliphatic heterocycles. The number of halogens is 1. The molecular weight excluding hydrogens is 500 g/mol. The molecule has 0 bridgehead atoms. The summed E-state index contributed by atoms with van der Waals surface area (Å²) in [5.41, 5.74) is 7.34. The zero-order valence-electron chi connectivity index (χ0n) is 20.3. The number of fused-ring (bicyclic) bond motifs is 1. The number of imide groups is 1. The molecule has 0 fully saturated rings. The Bertz CT molecular complexity index is 1340. The summed E-state index contributed by atoms with van der Waals surface area (Å²) in [4.78, 5) is 39.5. The van der Waals surface area contributed by atoms with Gasteiger partial charge in [-0.15, -0.1) is 10.2 Å². The number of nitrogens with zero attached hydrogens (tertiary/aromatic N) is 4. The molecule has 2 atom stereocenters. The van der Waals surface area contributed by atoms with Crippen molar-refractivity contribution in [3.63, 3.8) is 0 Å². The van der Waals surface area contributed by atoms with Crippen molar-refractivity contribution in [2.45, 2.75) is 38.9 Å². The number of aromatic carboxylic acids is 1. The molecule has 12 heteroatoms. The fourth-order valence-electron chi connectivity index (χ4n) is 4.45. The SMILES string of the molecule is CCC(NC(=O)N1Cc2nncn2CC(Cc2cc(Cl)ccc2OC)C1=O)c1ccc(C(=O)O)c(N)c1. The largest absolute Gasteiger partial charge is 0.496 e. The summed E-state index contributed by atoms with van der Waals surface area (Å²) < 4.78 is 7.20. The number of ether oxygens (including phenoxy) is 1. The van der Waals surface area contributed by atoms with E-state index in [2.05, 4.69) is 15.5 Å². The van der Waals surface area contributed by atoms with Gasteiger partial charge in [0.15, 0.2) is 5.82 Å². The van der Waals surface area contributed by atoms with E-state index in [-0.39, 0.29) is 36.7 Å². The Morgan fingerprint density at radius 2 is 2.08 bits per heavy atom. The van der Waals surface area contributed by atoms with Crippen LogP contribution in [0.25, 0.3) is 0 Å². The number of carbonyl (C=O) groups excluding carboxylic acids is 2. The molecule has 0 aliphatic carbocycles. The number of rotatable bonds is 7. The van der Waals surface area contributed by atoms with Crippen molar-refractivity contribution in [1.82, 2.24) is 25.0 Å². The van der Waals surface area contributed by atoms with Gasteiger partial charge in [0.2, 0.25) is 5.91 Å². The van der Waals surface area contributed by atoms with Crippen LogP contribution < -0.4 is 15.8 Å². The van der Waals surface area contributed by atoms with E-state index in [4.69, 9.17) is 22.1 Å². The van der Waals surface area contributed by atoms with Crippen LogP contribution in [0.2, 0.25) is 5.02 Å². The lowest BCUT2D eigenvalue weighted by molar-refractivity contribution is -0.132. The second-order valence-electron chi connectivity index (χ2n) is 8.74. The Labute approximate surface area is 218 Å². The molecule has 11 nitrogen and oxygen atoms in total. The number of amides is 3. The zero-order valence-corrected chi connectivity index (χ0v) is 21.1. The van der Waals surface area contributed by atoms with Crippen molar-refractivity contribution in [2.75, 3.05) is 12.8 Å². The second-order valence-corrected chi connectivity index (χ2v) is 9.18. The predicted octanol–water partition coefficient (Wildman–Crippen LogP) is 3.28. The molecule has 0 spiro atoms. The number of benzene rings is 2. The number of carboxylic acid groups (broad SMARTS) is 1. The van der Waals surface area contributed by atoms with Crippen LogP contribution in [0.15, 0.2) is 42.7 Å². The van der Waals surface area contributed by atoms with Gasteiger partial charge >= 0.3 is 12.0 Å². The average molecular weight is 527 g/mol. The van der Waals surface area contributed by atoms with Crippen molar-refractivity contribution >= 4 is 35.2 Å². The predicted molar refractivity (Wildman–Crippen MR) is 135 cm³/mol. The van der Waals surface area contributed by atoms with Crippen LogP contribution in [-0.4, -0.2) is 49.8 Å². The van der Waals surface area contributed by atoms with Gasteiger partial charge in [-0.3, -0.25) is 9.69 Å².